The normalized spacial score (nSPS) is 12.7. The van der Waals surface area contributed by atoms with E-state index in [0.717, 1.165) is 41.6 Å². The molecule has 0 saturated heterocycles. The van der Waals surface area contributed by atoms with Crippen LogP contribution in [-0.4, -0.2) is 110 Å². The minimum atomic E-state index is -1.27. The first-order chi connectivity index (χ1) is 26.2. The SMILES string of the molecule is C[SiH2]CCOC(=O)NCCCN(C(=O)CSC[C@H](NC(=O)CCOCCO)C(=O)O)[C@@H](c1cc(-c2cc(F)ccc2F)cn1Cc1ccccc1)C(C)(C)C. The summed E-state index contributed by atoms with van der Waals surface area (Å²) in [7, 11) is -0.251. The number of amides is 3. The summed E-state index contributed by atoms with van der Waals surface area (Å²) in [4.78, 5) is 52.7. The minimum Gasteiger partial charge on any atom is -0.480 e. The van der Waals surface area contributed by atoms with Crippen LogP contribution in [0.5, 0.6) is 0 Å². The number of ether oxygens (including phenoxy) is 2. The smallest absolute Gasteiger partial charge is 0.407 e. The summed E-state index contributed by atoms with van der Waals surface area (Å²) in [5.74, 6) is -3.54. The van der Waals surface area contributed by atoms with Crippen molar-refractivity contribution >= 4 is 45.2 Å². The summed E-state index contributed by atoms with van der Waals surface area (Å²) in [6, 6.07) is 13.6. The highest BCUT2D eigenvalue weighted by molar-refractivity contribution is 8.00. The van der Waals surface area contributed by atoms with E-state index in [1.807, 2.05) is 55.7 Å². The molecule has 0 radical (unpaired) electrons. The van der Waals surface area contributed by atoms with Crippen LogP contribution in [0.25, 0.3) is 11.1 Å². The minimum absolute atomic E-state index is 0.0138. The van der Waals surface area contributed by atoms with E-state index >= 15 is 4.39 Å². The van der Waals surface area contributed by atoms with E-state index in [1.165, 1.54) is 0 Å². The number of carbonyl (C=O) groups is 4. The molecule has 2 aromatic carbocycles. The van der Waals surface area contributed by atoms with E-state index in [2.05, 4.69) is 17.2 Å². The number of benzene rings is 2. The molecule has 0 fully saturated rings. The zero-order chi connectivity index (χ0) is 40.4. The van der Waals surface area contributed by atoms with E-state index in [0.29, 0.717) is 30.8 Å². The fourth-order valence-corrected chi connectivity index (χ4v) is 7.28. The van der Waals surface area contributed by atoms with Gasteiger partial charge in [-0.3, -0.25) is 9.59 Å². The number of aliphatic carboxylic acids is 1. The van der Waals surface area contributed by atoms with Crippen molar-refractivity contribution in [3.63, 3.8) is 0 Å². The number of carboxylic acid groups (broad SMARTS) is 1. The van der Waals surface area contributed by atoms with Crippen molar-refractivity contribution in [3.05, 3.63) is 83.7 Å². The molecule has 302 valence electrons. The largest absolute Gasteiger partial charge is 0.480 e. The highest BCUT2D eigenvalue weighted by Gasteiger charge is 2.37. The average Bonchev–Trinajstić information content (AvgIpc) is 3.53. The first-order valence-electron chi connectivity index (χ1n) is 18.4. The molecule has 3 rings (SSSR count). The van der Waals surface area contributed by atoms with Crippen LogP contribution in [0.3, 0.4) is 0 Å². The topological polar surface area (TPSA) is 159 Å². The van der Waals surface area contributed by atoms with Gasteiger partial charge >= 0.3 is 12.1 Å². The first kappa shape index (κ1) is 45.1. The van der Waals surface area contributed by atoms with Crippen molar-refractivity contribution in [3.8, 4) is 11.1 Å². The van der Waals surface area contributed by atoms with Gasteiger partial charge in [-0.25, -0.2) is 18.4 Å². The van der Waals surface area contributed by atoms with Crippen LogP contribution in [-0.2, 0) is 30.4 Å². The average molecular weight is 805 g/mol. The Kier molecular flexibility index (Phi) is 18.8. The fourth-order valence-electron chi connectivity index (χ4n) is 5.93. The summed E-state index contributed by atoms with van der Waals surface area (Å²) in [6.07, 6.45) is 1.48. The monoisotopic (exact) mass is 804 g/mol. The van der Waals surface area contributed by atoms with E-state index < -0.39 is 47.1 Å². The molecule has 0 aliphatic rings. The standard InChI is InChI=1S/C39H54F2N4O8SSi/c1-39(2,3)36(33-21-28(30-22-29(40)11-12-31(30)41)24-44(33)23-27-9-6-5-7-10-27)45(15-8-14-42-38(51)53-19-20-55-4)35(48)26-54-25-32(37(49)50)43-34(47)13-17-52-18-16-46/h5-7,9-12,21-22,24,32,36,46H,8,13-20,23,25-26,55H2,1-4H3,(H,42,51)(H,43,47)(H,49,50)/t32-,36-/m0/s1. The Morgan fingerprint density at radius 3 is 2.45 bits per heavy atom. The molecule has 0 saturated carbocycles. The van der Waals surface area contributed by atoms with Crippen LogP contribution < -0.4 is 10.6 Å². The second kappa shape index (κ2) is 23.0. The van der Waals surface area contributed by atoms with Crippen LogP contribution in [0.1, 0.15) is 50.9 Å². The second-order valence-electron chi connectivity index (χ2n) is 14.1. The van der Waals surface area contributed by atoms with Crippen LogP contribution in [0.2, 0.25) is 12.6 Å². The molecule has 0 aliphatic carbocycles. The molecule has 3 aromatic rings. The number of aliphatic hydroxyl groups excluding tert-OH is 1. The van der Waals surface area contributed by atoms with E-state index in [9.17, 15) is 28.7 Å². The van der Waals surface area contributed by atoms with Gasteiger partial charge in [0.25, 0.3) is 0 Å². The summed E-state index contributed by atoms with van der Waals surface area (Å²) in [5.41, 5.74) is 1.51. The molecule has 16 heteroatoms. The van der Waals surface area contributed by atoms with Crippen LogP contribution >= 0.6 is 11.8 Å². The molecule has 0 bridgehead atoms. The number of alkyl carbamates (subject to hydrolysis) is 1. The van der Waals surface area contributed by atoms with E-state index in [1.54, 1.807) is 17.2 Å². The quantitative estimate of drug-likeness (QED) is 0.0777. The Morgan fingerprint density at radius 2 is 1.78 bits per heavy atom. The summed E-state index contributed by atoms with van der Waals surface area (Å²) in [5, 5.41) is 23.9. The third-order valence-electron chi connectivity index (χ3n) is 8.53. The van der Waals surface area contributed by atoms with Crippen LogP contribution in [0.15, 0.2) is 60.8 Å². The molecule has 1 heterocycles. The molecule has 55 heavy (non-hydrogen) atoms. The number of rotatable bonds is 23. The van der Waals surface area contributed by atoms with Gasteiger partial charge in [0, 0.05) is 64.3 Å². The van der Waals surface area contributed by atoms with Crippen molar-refractivity contribution in [2.45, 2.75) is 64.8 Å². The Hall–Kier alpha value is -4.25. The number of hydrogen-bond donors (Lipinski definition) is 4. The van der Waals surface area contributed by atoms with Gasteiger partial charge < -0.3 is 39.8 Å². The summed E-state index contributed by atoms with van der Waals surface area (Å²) < 4.78 is 41.9. The Morgan fingerprint density at radius 1 is 1.04 bits per heavy atom. The van der Waals surface area contributed by atoms with Gasteiger partial charge in [-0.2, -0.15) is 0 Å². The maximum Gasteiger partial charge on any atom is 0.407 e. The van der Waals surface area contributed by atoms with Crippen LogP contribution in [0.4, 0.5) is 13.6 Å². The van der Waals surface area contributed by atoms with Gasteiger partial charge in [0.05, 0.1) is 38.2 Å². The highest BCUT2D eigenvalue weighted by atomic mass is 32.2. The van der Waals surface area contributed by atoms with Gasteiger partial charge in [-0.1, -0.05) is 57.7 Å². The lowest BCUT2D eigenvalue weighted by Gasteiger charge is -2.41. The molecule has 1 aromatic heterocycles. The van der Waals surface area contributed by atoms with Crippen molar-refractivity contribution in [2.24, 2.45) is 5.41 Å². The molecular formula is C39H54F2N4O8SSi. The predicted molar refractivity (Wildman–Crippen MR) is 212 cm³/mol. The lowest BCUT2D eigenvalue weighted by atomic mass is 9.83. The molecule has 2 atom stereocenters. The molecule has 4 N–H and O–H groups in total. The Bertz CT molecular complexity index is 1690. The number of thioether (sulfide) groups is 1. The van der Waals surface area contributed by atoms with Gasteiger partial charge in [-0.05, 0) is 47.7 Å². The van der Waals surface area contributed by atoms with Gasteiger partial charge in [0.15, 0.2) is 0 Å². The number of halogens is 2. The number of hydrogen-bond acceptors (Lipinski definition) is 8. The van der Waals surface area contributed by atoms with Crippen LogP contribution in [0, 0.1) is 17.0 Å². The summed E-state index contributed by atoms with van der Waals surface area (Å²) in [6.45, 7) is 9.04. The maximum atomic E-state index is 15.2. The van der Waals surface area contributed by atoms with E-state index in [4.69, 9.17) is 14.6 Å². The van der Waals surface area contributed by atoms with Gasteiger partial charge in [-0.15, -0.1) is 11.8 Å². The number of aromatic nitrogens is 1. The number of nitrogens with zero attached hydrogens (tertiary/aromatic N) is 2. The molecule has 0 spiro atoms. The third kappa shape index (κ3) is 15.1. The molecule has 0 unspecified atom stereocenters. The molecular weight excluding hydrogens is 751 g/mol. The number of carboxylic acids is 1. The second-order valence-corrected chi connectivity index (χ2v) is 16.8. The first-order valence-corrected chi connectivity index (χ1v) is 22.0. The van der Waals surface area contributed by atoms with Crippen molar-refractivity contribution in [1.29, 1.82) is 0 Å². The van der Waals surface area contributed by atoms with E-state index in [-0.39, 0.29) is 71.8 Å². The summed E-state index contributed by atoms with van der Waals surface area (Å²) >= 11 is 1.06. The molecule has 3 amide bonds. The number of nitrogens with one attached hydrogen (secondary N) is 2. The zero-order valence-corrected chi connectivity index (χ0v) is 34.3. The van der Waals surface area contributed by atoms with Gasteiger partial charge in [0.2, 0.25) is 11.8 Å². The van der Waals surface area contributed by atoms with Crippen molar-refractivity contribution < 1.29 is 47.6 Å². The predicted octanol–water partition coefficient (Wildman–Crippen LogP) is 4.85. The lowest BCUT2D eigenvalue weighted by molar-refractivity contribution is -0.141. The van der Waals surface area contributed by atoms with Crippen molar-refractivity contribution in [1.82, 2.24) is 20.1 Å². The maximum absolute atomic E-state index is 15.2. The zero-order valence-electron chi connectivity index (χ0n) is 32.0. The van der Waals surface area contributed by atoms with Gasteiger partial charge in [0.1, 0.15) is 17.7 Å². The highest BCUT2D eigenvalue weighted by Crippen LogP contribution is 2.41. The lowest BCUT2D eigenvalue weighted by Crippen LogP contribution is -2.45. The Labute approximate surface area is 328 Å². The number of carbonyl (C=O) groups excluding carboxylic acids is 3. The Balaban J connectivity index is 1.96. The molecule has 12 nitrogen and oxygen atoms in total. The van der Waals surface area contributed by atoms with Crippen molar-refractivity contribution in [2.75, 3.05) is 51.0 Å². The third-order valence-corrected chi connectivity index (χ3v) is 10.5. The molecule has 0 aliphatic heterocycles. The fraction of sp³-hybridized carbons (Fsp3) is 0.487. The number of aliphatic hydroxyl groups is 1.